The molecular weight excluding hydrogens is 202 g/mol. The first-order valence-electron chi connectivity index (χ1n) is 5.58. The van der Waals surface area contributed by atoms with Crippen molar-refractivity contribution in [3.63, 3.8) is 0 Å². The zero-order valence-electron chi connectivity index (χ0n) is 9.45. The highest BCUT2D eigenvalue weighted by Crippen LogP contribution is 2.33. The maximum absolute atomic E-state index is 10.1. The molecule has 3 nitrogen and oxygen atoms in total. The summed E-state index contributed by atoms with van der Waals surface area (Å²) in [4.78, 5) is 13.7. The number of hydrogen-bond donors (Lipinski definition) is 0. The molecule has 0 heterocycles. The molecule has 0 saturated heterocycles. The van der Waals surface area contributed by atoms with Crippen molar-refractivity contribution < 1.29 is 9.53 Å². The summed E-state index contributed by atoms with van der Waals surface area (Å²) >= 11 is 0. The van der Waals surface area contributed by atoms with Gasteiger partial charge in [0.15, 0.2) is 0 Å². The first kappa shape index (κ1) is 10.9. The van der Waals surface area contributed by atoms with Crippen molar-refractivity contribution >= 4 is 6.08 Å². The van der Waals surface area contributed by atoms with Crippen LogP contribution >= 0.6 is 0 Å². The molecule has 0 saturated carbocycles. The number of nitrogens with zero attached hydrogens (tertiary/aromatic N) is 1. The molecule has 0 aromatic heterocycles. The average Bonchev–Trinajstić information content (AvgIpc) is 2.35. The molecule has 1 aliphatic carbocycles. The maximum atomic E-state index is 10.1. The highest BCUT2D eigenvalue weighted by molar-refractivity contribution is 5.48. The second kappa shape index (κ2) is 4.95. The molecule has 0 aliphatic heterocycles. The number of carbonyl (C=O) groups excluding carboxylic acids is 1. The standard InChI is InChI=1S/C13H15NO2/c1-16-13-11(8-14-9-15)7-6-10-4-2-3-5-12(10)13/h6-7H,2-5,8H2,1H3. The topological polar surface area (TPSA) is 38.7 Å². The van der Waals surface area contributed by atoms with Gasteiger partial charge in [0.25, 0.3) is 0 Å². The van der Waals surface area contributed by atoms with E-state index in [1.165, 1.54) is 24.0 Å². The van der Waals surface area contributed by atoms with E-state index >= 15 is 0 Å². The number of ether oxygens (including phenoxy) is 1. The fourth-order valence-corrected chi connectivity index (χ4v) is 2.34. The number of aliphatic imine (C=N–C) groups is 1. The monoisotopic (exact) mass is 217 g/mol. The van der Waals surface area contributed by atoms with Gasteiger partial charge in [0.05, 0.1) is 13.7 Å². The van der Waals surface area contributed by atoms with Crippen LogP contribution in [0, 0.1) is 0 Å². The van der Waals surface area contributed by atoms with Gasteiger partial charge in [-0.3, -0.25) is 0 Å². The molecule has 0 unspecified atom stereocenters. The molecule has 0 bridgehead atoms. The van der Waals surface area contributed by atoms with Crippen molar-refractivity contribution in [2.24, 2.45) is 4.99 Å². The molecule has 0 N–H and O–H groups in total. The summed E-state index contributed by atoms with van der Waals surface area (Å²) in [5, 5.41) is 0. The minimum Gasteiger partial charge on any atom is -0.496 e. The normalized spacial score (nSPS) is 13.8. The second-order valence-electron chi connectivity index (χ2n) is 4.01. The van der Waals surface area contributed by atoms with Gasteiger partial charge in [0.2, 0.25) is 6.08 Å². The van der Waals surface area contributed by atoms with Gasteiger partial charge in [-0.25, -0.2) is 9.79 Å². The predicted molar refractivity (Wildman–Crippen MR) is 61.5 cm³/mol. The van der Waals surface area contributed by atoms with Gasteiger partial charge in [0.1, 0.15) is 5.75 Å². The van der Waals surface area contributed by atoms with E-state index in [2.05, 4.69) is 11.1 Å². The Kier molecular flexibility index (Phi) is 3.37. The summed E-state index contributed by atoms with van der Waals surface area (Å²) in [6, 6.07) is 4.14. The van der Waals surface area contributed by atoms with Gasteiger partial charge < -0.3 is 4.74 Å². The van der Waals surface area contributed by atoms with Gasteiger partial charge in [-0.15, -0.1) is 0 Å². The lowest BCUT2D eigenvalue weighted by molar-refractivity contribution is 0.401. The molecule has 0 radical (unpaired) electrons. The zero-order valence-corrected chi connectivity index (χ0v) is 9.45. The van der Waals surface area contributed by atoms with Gasteiger partial charge >= 0.3 is 0 Å². The Morgan fingerprint density at radius 2 is 2.19 bits per heavy atom. The van der Waals surface area contributed by atoms with E-state index in [9.17, 15) is 4.79 Å². The minimum absolute atomic E-state index is 0.361. The number of fused-ring (bicyclic) bond motifs is 1. The number of isocyanates is 1. The highest BCUT2D eigenvalue weighted by Gasteiger charge is 2.16. The van der Waals surface area contributed by atoms with Crippen LogP contribution in [0.2, 0.25) is 0 Å². The lowest BCUT2D eigenvalue weighted by atomic mass is 9.89. The second-order valence-corrected chi connectivity index (χ2v) is 4.01. The fraction of sp³-hybridized carbons (Fsp3) is 0.462. The third kappa shape index (κ3) is 2.00. The van der Waals surface area contributed by atoms with Gasteiger partial charge in [-0.05, 0) is 36.8 Å². The van der Waals surface area contributed by atoms with Crippen LogP contribution in [-0.4, -0.2) is 13.2 Å². The molecule has 1 aliphatic rings. The molecule has 0 atom stereocenters. The molecule has 84 valence electrons. The maximum Gasteiger partial charge on any atom is 0.235 e. The van der Waals surface area contributed by atoms with Gasteiger partial charge in [-0.2, -0.15) is 0 Å². The molecule has 1 aromatic carbocycles. The van der Waals surface area contributed by atoms with Crippen molar-refractivity contribution in [2.45, 2.75) is 32.2 Å². The quantitative estimate of drug-likeness (QED) is 0.576. The SMILES string of the molecule is COc1c(CN=C=O)ccc2c1CCCC2. The predicted octanol–water partition coefficient (Wildman–Crippen LogP) is 2.41. The van der Waals surface area contributed by atoms with Crippen LogP contribution in [-0.2, 0) is 24.2 Å². The summed E-state index contributed by atoms with van der Waals surface area (Å²) in [5.74, 6) is 0.913. The first-order chi connectivity index (χ1) is 7.86. The van der Waals surface area contributed by atoms with E-state index in [0.29, 0.717) is 6.54 Å². The number of benzene rings is 1. The number of hydrogen-bond acceptors (Lipinski definition) is 3. The largest absolute Gasteiger partial charge is 0.496 e. The Morgan fingerprint density at radius 1 is 1.38 bits per heavy atom. The Hall–Kier alpha value is -1.60. The summed E-state index contributed by atoms with van der Waals surface area (Å²) < 4.78 is 5.45. The molecule has 0 amide bonds. The Bertz CT molecular complexity index is 434. The molecular formula is C13H15NO2. The third-order valence-corrected chi connectivity index (χ3v) is 3.08. The van der Waals surface area contributed by atoms with Crippen LogP contribution < -0.4 is 4.74 Å². The van der Waals surface area contributed by atoms with Crippen LogP contribution in [0.15, 0.2) is 17.1 Å². The summed E-state index contributed by atoms with van der Waals surface area (Å²) in [5.41, 5.74) is 3.65. The Labute approximate surface area is 95.2 Å². The average molecular weight is 217 g/mol. The molecule has 0 spiro atoms. The van der Waals surface area contributed by atoms with Gasteiger partial charge in [-0.1, -0.05) is 12.1 Å². The minimum atomic E-state index is 0.361. The Morgan fingerprint density at radius 3 is 2.94 bits per heavy atom. The molecule has 3 heteroatoms. The Balaban J connectivity index is 2.42. The van der Waals surface area contributed by atoms with Crippen LogP contribution in [0.4, 0.5) is 0 Å². The van der Waals surface area contributed by atoms with Crippen LogP contribution in [0.25, 0.3) is 0 Å². The molecule has 16 heavy (non-hydrogen) atoms. The van der Waals surface area contributed by atoms with Crippen molar-refractivity contribution in [1.29, 1.82) is 0 Å². The van der Waals surface area contributed by atoms with Crippen molar-refractivity contribution in [1.82, 2.24) is 0 Å². The number of rotatable bonds is 3. The third-order valence-electron chi connectivity index (χ3n) is 3.08. The fourth-order valence-electron chi connectivity index (χ4n) is 2.34. The summed E-state index contributed by atoms with van der Waals surface area (Å²) in [6.45, 7) is 0.361. The van der Waals surface area contributed by atoms with Gasteiger partial charge in [0, 0.05) is 5.56 Å². The summed E-state index contributed by atoms with van der Waals surface area (Å²) in [6.07, 6.45) is 6.23. The van der Waals surface area contributed by atoms with Crippen molar-refractivity contribution in [3.05, 3.63) is 28.8 Å². The van der Waals surface area contributed by atoms with Crippen molar-refractivity contribution in [3.8, 4) is 5.75 Å². The highest BCUT2D eigenvalue weighted by atomic mass is 16.5. The van der Waals surface area contributed by atoms with E-state index in [1.807, 2.05) is 6.07 Å². The summed E-state index contributed by atoms with van der Waals surface area (Å²) in [7, 11) is 1.68. The van der Waals surface area contributed by atoms with Crippen LogP contribution in [0.3, 0.4) is 0 Å². The zero-order chi connectivity index (χ0) is 11.4. The molecule has 0 fully saturated rings. The van der Waals surface area contributed by atoms with E-state index in [4.69, 9.17) is 4.74 Å². The first-order valence-corrected chi connectivity index (χ1v) is 5.58. The van der Waals surface area contributed by atoms with Crippen LogP contribution in [0.1, 0.15) is 29.5 Å². The van der Waals surface area contributed by atoms with E-state index in [-0.39, 0.29) is 0 Å². The number of methoxy groups -OCH3 is 1. The smallest absolute Gasteiger partial charge is 0.235 e. The lowest BCUT2D eigenvalue weighted by Gasteiger charge is -2.20. The molecule has 1 aromatic rings. The van der Waals surface area contributed by atoms with E-state index in [0.717, 1.165) is 24.2 Å². The number of aryl methyl sites for hydroxylation is 1. The van der Waals surface area contributed by atoms with Crippen LogP contribution in [0.5, 0.6) is 5.75 Å². The van der Waals surface area contributed by atoms with E-state index < -0.39 is 0 Å². The lowest BCUT2D eigenvalue weighted by Crippen LogP contribution is -2.06. The van der Waals surface area contributed by atoms with E-state index in [1.54, 1.807) is 13.2 Å². The van der Waals surface area contributed by atoms with Crippen molar-refractivity contribution in [2.75, 3.05) is 7.11 Å². The molecule has 2 rings (SSSR count).